The van der Waals surface area contributed by atoms with Crippen molar-refractivity contribution >= 4 is 5.91 Å². The number of carbonyl (C=O) groups excluding carboxylic acids is 1. The molecule has 98 valence electrons. The first-order valence-electron chi connectivity index (χ1n) is 6.81. The zero-order valence-corrected chi connectivity index (χ0v) is 10.8. The number of amides is 1. The molecule has 2 aliphatic rings. The average molecular weight is 240 g/mol. The normalized spacial score (nSPS) is 29.8. The molecule has 17 heavy (non-hydrogen) atoms. The lowest BCUT2D eigenvalue weighted by molar-refractivity contribution is -0.142. The summed E-state index contributed by atoms with van der Waals surface area (Å²) < 4.78 is 5.30. The molecule has 2 rings (SSSR count). The van der Waals surface area contributed by atoms with Gasteiger partial charge in [-0.3, -0.25) is 4.79 Å². The number of nitrogens with two attached hydrogens (primary N) is 1. The molecule has 0 aliphatic carbocycles. The van der Waals surface area contributed by atoms with E-state index in [-0.39, 0.29) is 5.91 Å². The van der Waals surface area contributed by atoms with Crippen LogP contribution in [0.2, 0.25) is 0 Å². The fourth-order valence-electron chi connectivity index (χ4n) is 2.81. The summed E-state index contributed by atoms with van der Waals surface area (Å²) in [5.74, 6) is 0.148. The molecule has 0 aromatic carbocycles. The van der Waals surface area contributed by atoms with E-state index in [1.807, 2.05) is 4.90 Å². The standard InChI is InChI=1S/C13H24N2O2/c1-11-5-3-2-4-8-15(11)12(16)13(14)6-9-17-10-7-13/h11H,2-10,14H2,1H3. The van der Waals surface area contributed by atoms with Gasteiger partial charge in [0.15, 0.2) is 0 Å². The van der Waals surface area contributed by atoms with Crippen LogP contribution >= 0.6 is 0 Å². The first-order valence-corrected chi connectivity index (χ1v) is 6.81. The number of carbonyl (C=O) groups is 1. The molecule has 0 aromatic heterocycles. The molecule has 1 atom stereocenters. The van der Waals surface area contributed by atoms with E-state index in [1.165, 1.54) is 12.8 Å². The van der Waals surface area contributed by atoms with Gasteiger partial charge in [-0.2, -0.15) is 0 Å². The Morgan fingerprint density at radius 1 is 1.29 bits per heavy atom. The van der Waals surface area contributed by atoms with Crippen molar-refractivity contribution in [1.82, 2.24) is 4.90 Å². The maximum Gasteiger partial charge on any atom is 0.243 e. The zero-order valence-electron chi connectivity index (χ0n) is 10.8. The van der Waals surface area contributed by atoms with Crippen LogP contribution in [-0.4, -0.2) is 42.1 Å². The van der Waals surface area contributed by atoms with E-state index in [9.17, 15) is 4.79 Å². The van der Waals surface area contributed by atoms with E-state index < -0.39 is 5.54 Å². The van der Waals surface area contributed by atoms with Crippen LogP contribution in [0.15, 0.2) is 0 Å². The van der Waals surface area contributed by atoms with Gasteiger partial charge in [0.2, 0.25) is 5.91 Å². The minimum atomic E-state index is -0.670. The number of ether oxygens (including phenoxy) is 1. The summed E-state index contributed by atoms with van der Waals surface area (Å²) in [6.45, 7) is 4.25. The van der Waals surface area contributed by atoms with Gasteiger partial charge in [-0.25, -0.2) is 0 Å². The molecule has 2 N–H and O–H groups in total. The third kappa shape index (κ3) is 2.80. The van der Waals surface area contributed by atoms with Gasteiger partial charge in [-0.05, 0) is 32.6 Å². The Labute approximate surface area is 103 Å². The summed E-state index contributed by atoms with van der Waals surface area (Å²) in [7, 11) is 0. The van der Waals surface area contributed by atoms with Crippen molar-refractivity contribution in [2.24, 2.45) is 5.73 Å². The predicted octanol–water partition coefficient (Wildman–Crippen LogP) is 1.29. The average Bonchev–Trinajstić information content (AvgIpc) is 2.54. The van der Waals surface area contributed by atoms with Gasteiger partial charge in [0, 0.05) is 25.8 Å². The van der Waals surface area contributed by atoms with Crippen LogP contribution < -0.4 is 5.73 Å². The molecule has 1 unspecified atom stereocenters. The molecule has 4 heteroatoms. The van der Waals surface area contributed by atoms with Crippen LogP contribution in [0, 0.1) is 0 Å². The summed E-state index contributed by atoms with van der Waals surface area (Å²) in [6.07, 6.45) is 6.01. The monoisotopic (exact) mass is 240 g/mol. The van der Waals surface area contributed by atoms with E-state index >= 15 is 0 Å². The molecule has 2 fully saturated rings. The van der Waals surface area contributed by atoms with Crippen molar-refractivity contribution in [2.75, 3.05) is 19.8 Å². The smallest absolute Gasteiger partial charge is 0.243 e. The van der Waals surface area contributed by atoms with Crippen LogP contribution in [0.5, 0.6) is 0 Å². The van der Waals surface area contributed by atoms with Gasteiger partial charge >= 0.3 is 0 Å². The fourth-order valence-corrected chi connectivity index (χ4v) is 2.81. The van der Waals surface area contributed by atoms with Crippen molar-refractivity contribution in [3.05, 3.63) is 0 Å². The third-order valence-corrected chi connectivity index (χ3v) is 4.12. The van der Waals surface area contributed by atoms with Gasteiger partial charge < -0.3 is 15.4 Å². The second-order valence-electron chi connectivity index (χ2n) is 5.47. The molecule has 0 saturated carbocycles. The maximum absolute atomic E-state index is 12.6. The number of likely N-dealkylation sites (tertiary alicyclic amines) is 1. The summed E-state index contributed by atoms with van der Waals surface area (Å²) in [6, 6.07) is 0.341. The topological polar surface area (TPSA) is 55.6 Å². The minimum Gasteiger partial charge on any atom is -0.381 e. The van der Waals surface area contributed by atoms with E-state index in [1.54, 1.807) is 0 Å². The predicted molar refractivity (Wildman–Crippen MR) is 66.6 cm³/mol. The van der Waals surface area contributed by atoms with Gasteiger partial charge in [0.25, 0.3) is 0 Å². The van der Waals surface area contributed by atoms with Crippen molar-refractivity contribution in [1.29, 1.82) is 0 Å². The van der Waals surface area contributed by atoms with Crippen LogP contribution in [-0.2, 0) is 9.53 Å². The first kappa shape index (κ1) is 12.8. The number of nitrogens with zero attached hydrogens (tertiary/aromatic N) is 1. The van der Waals surface area contributed by atoms with Crippen LogP contribution in [0.1, 0.15) is 45.4 Å². The lowest BCUT2D eigenvalue weighted by atomic mass is 9.89. The number of hydrogen-bond acceptors (Lipinski definition) is 3. The Bertz CT molecular complexity index is 275. The molecule has 2 aliphatic heterocycles. The summed E-state index contributed by atoms with van der Waals surface area (Å²) in [4.78, 5) is 14.6. The maximum atomic E-state index is 12.6. The summed E-state index contributed by atoms with van der Waals surface area (Å²) in [5.41, 5.74) is 5.61. The Hall–Kier alpha value is -0.610. The Kier molecular flexibility index (Phi) is 4.05. The SMILES string of the molecule is CC1CCCCCN1C(=O)C1(N)CCOCC1. The number of rotatable bonds is 1. The van der Waals surface area contributed by atoms with Crippen molar-refractivity contribution in [3.8, 4) is 0 Å². The number of hydrogen-bond donors (Lipinski definition) is 1. The molecule has 4 nitrogen and oxygen atoms in total. The quantitative estimate of drug-likeness (QED) is 0.751. The van der Waals surface area contributed by atoms with Crippen molar-refractivity contribution < 1.29 is 9.53 Å². The second kappa shape index (κ2) is 5.36. The minimum absolute atomic E-state index is 0.148. The molecule has 0 aromatic rings. The Morgan fingerprint density at radius 2 is 2.00 bits per heavy atom. The zero-order chi connectivity index (χ0) is 12.3. The van der Waals surface area contributed by atoms with Crippen LogP contribution in [0.3, 0.4) is 0 Å². The highest BCUT2D eigenvalue weighted by atomic mass is 16.5. The molecular formula is C13H24N2O2. The first-order chi connectivity index (χ1) is 8.13. The van der Waals surface area contributed by atoms with E-state index in [2.05, 4.69) is 6.92 Å². The molecular weight excluding hydrogens is 216 g/mol. The highest BCUT2D eigenvalue weighted by Crippen LogP contribution is 2.25. The Balaban J connectivity index is 2.06. The summed E-state index contributed by atoms with van der Waals surface area (Å²) >= 11 is 0. The van der Waals surface area contributed by atoms with Crippen molar-refractivity contribution in [2.45, 2.75) is 57.0 Å². The lowest BCUT2D eigenvalue weighted by Gasteiger charge is -2.38. The lowest BCUT2D eigenvalue weighted by Crippen LogP contribution is -2.59. The highest BCUT2D eigenvalue weighted by molar-refractivity contribution is 5.86. The highest BCUT2D eigenvalue weighted by Gasteiger charge is 2.40. The Morgan fingerprint density at radius 3 is 2.71 bits per heavy atom. The van der Waals surface area contributed by atoms with Crippen LogP contribution in [0.25, 0.3) is 0 Å². The molecule has 0 radical (unpaired) electrons. The van der Waals surface area contributed by atoms with Crippen molar-refractivity contribution in [3.63, 3.8) is 0 Å². The van der Waals surface area contributed by atoms with E-state index in [4.69, 9.17) is 10.5 Å². The van der Waals surface area contributed by atoms with Gasteiger partial charge in [-0.15, -0.1) is 0 Å². The molecule has 0 bridgehead atoms. The van der Waals surface area contributed by atoms with E-state index in [0.29, 0.717) is 32.1 Å². The molecule has 2 heterocycles. The summed E-state index contributed by atoms with van der Waals surface area (Å²) in [5, 5.41) is 0. The molecule has 0 spiro atoms. The fraction of sp³-hybridized carbons (Fsp3) is 0.923. The van der Waals surface area contributed by atoms with Gasteiger partial charge in [-0.1, -0.05) is 12.8 Å². The second-order valence-corrected chi connectivity index (χ2v) is 5.47. The largest absolute Gasteiger partial charge is 0.381 e. The molecule has 2 saturated heterocycles. The van der Waals surface area contributed by atoms with E-state index in [0.717, 1.165) is 19.4 Å². The van der Waals surface area contributed by atoms with Crippen LogP contribution in [0.4, 0.5) is 0 Å². The van der Waals surface area contributed by atoms with Gasteiger partial charge in [0.05, 0.1) is 5.54 Å². The third-order valence-electron chi connectivity index (χ3n) is 4.12. The molecule has 1 amide bonds. The van der Waals surface area contributed by atoms with Gasteiger partial charge in [0.1, 0.15) is 0 Å².